The van der Waals surface area contributed by atoms with Gasteiger partial charge in [-0.15, -0.1) is 0 Å². The Balaban J connectivity index is 1.39. The van der Waals surface area contributed by atoms with Crippen molar-refractivity contribution >= 4 is 23.4 Å². The van der Waals surface area contributed by atoms with Crippen molar-refractivity contribution in [2.24, 2.45) is 5.92 Å². The Morgan fingerprint density at radius 2 is 1.97 bits per heavy atom. The maximum atomic E-state index is 12.8. The fraction of sp³-hybridized carbons (Fsp3) is 0.304. The number of benzene rings is 2. The lowest BCUT2D eigenvalue weighted by molar-refractivity contribution is -0.132. The molecule has 1 aliphatic heterocycles. The monoisotopic (exact) mass is 412 g/mol. The van der Waals surface area contributed by atoms with Crippen LogP contribution < -0.4 is 4.74 Å². The second kappa shape index (κ2) is 8.29. The highest BCUT2D eigenvalue weighted by atomic mass is 35.5. The van der Waals surface area contributed by atoms with Gasteiger partial charge in [-0.2, -0.15) is 0 Å². The third-order valence-electron chi connectivity index (χ3n) is 5.22. The number of carbonyl (C=O) groups is 2. The van der Waals surface area contributed by atoms with E-state index in [1.165, 1.54) is 6.26 Å². The van der Waals surface area contributed by atoms with Crippen LogP contribution in [0.5, 0.6) is 5.75 Å². The van der Waals surface area contributed by atoms with Crippen molar-refractivity contribution < 1.29 is 23.8 Å². The van der Waals surface area contributed by atoms with Crippen molar-refractivity contribution in [3.05, 3.63) is 76.7 Å². The molecule has 0 saturated heterocycles. The zero-order valence-corrected chi connectivity index (χ0v) is 16.7. The van der Waals surface area contributed by atoms with E-state index in [0.717, 1.165) is 5.56 Å². The molecule has 0 N–H and O–H groups in total. The zero-order chi connectivity index (χ0) is 20.4. The summed E-state index contributed by atoms with van der Waals surface area (Å²) < 4.78 is 17.1. The molecule has 1 aliphatic carbocycles. The van der Waals surface area contributed by atoms with Crippen LogP contribution in [0.25, 0.3) is 0 Å². The molecule has 5 nitrogen and oxygen atoms in total. The van der Waals surface area contributed by atoms with E-state index in [-0.39, 0.29) is 29.7 Å². The summed E-state index contributed by atoms with van der Waals surface area (Å²) in [4.78, 5) is 25.2. The van der Waals surface area contributed by atoms with E-state index < -0.39 is 5.97 Å². The van der Waals surface area contributed by atoms with Crippen LogP contribution in [-0.4, -0.2) is 24.0 Å². The first-order chi connectivity index (χ1) is 14.0. The van der Waals surface area contributed by atoms with Crippen LogP contribution in [0.15, 0.2) is 60.6 Å². The van der Waals surface area contributed by atoms with E-state index in [4.69, 9.17) is 25.8 Å². The van der Waals surface area contributed by atoms with Gasteiger partial charge in [0.15, 0.2) is 0 Å². The van der Waals surface area contributed by atoms with Crippen molar-refractivity contribution in [1.29, 1.82) is 0 Å². The minimum Gasteiger partial charge on any atom is -0.493 e. The summed E-state index contributed by atoms with van der Waals surface area (Å²) in [6.07, 6.45) is 2.40. The van der Waals surface area contributed by atoms with Gasteiger partial charge in [0.2, 0.25) is 11.5 Å². The van der Waals surface area contributed by atoms with Gasteiger partial charge in [0.25, 0.3) is 0 Å². The third kappa shape index (κ3) is 4.46. The minimum absolute atomic E-state index is 0.0672. The largest absolute Gasteiger partial charge is 0.493 e. The van der Waals surface area contributed by atoms with E-state index in [1.807, 2.05) is 25.1 Å². The van der Waals surface area contributed by atoms with E-state index in [9.17, 15) is 9.59 Å². The molecule has 6 heteroatoms. The maximum absolute atomic E-state index is 12.8. The Labute approximate surface area is 174 Å². The summed E-state index contributed by atoms with van der Waals surface area (Å²) in [6.45, 7) is 1.96. The summed E-state index contributed by atoms with van der Waals surface area (Å²) in [5.74, 6) is 0.0439. The lowest BCUT2D eigenvalue weighted by Crippen LogP contribution is -2.43. The first-order valence-electron chi connectivity index (χ1n) is 9.60. The zero-order valence-electron chi connectivity index (χ0n) is 16.0. The van der Waals surface area contributed by atoms with Crippen molar-refractivity contribution in [2.45, 2.75) is 38.4 Å². The highest BCUT2D eigenvalue weighted by molar-refractivity contribution is 6.30. The van der Waals surface area contributed by atoms with Crippen LogP contribution >= 0.6 is 11.6 Å². The predicted molar refractivity (Wildman–Crippen MR) is 108 cm³/mol. The van der Waals surface area contributed by atoms with Crippen molar-refractivity contribution in [2.75, 3.05) is 0 Å². The molecular weight excluding hydrogens is 392 g/mol. The van der Waals surface area contributed by atoms with E-state index in [2.05, 4.69) is 0 Å². The van der Waals surface area contributed by atoms with E-state index in [1.54, 1.807) is 30.3 Å². The molecule has 0 radical (unpaired) electrons. The Hall–Kier alpha value is -2.79. The molecule has 2 aromatic rings. The first-order valence-corrected chi connectivity index (χ1v) is 9.98. The van der Waals surface area contributed by atoms with Crippen LogP contribution in [0.2, 0.25) is 5.02 Å². The number of hydrogen-bond donors (Lipinski definition) is 0. The number of carbonyl (C=O) groups excluding carboxylic acids is 2. The first kappa shape index (κ1) is 19.5. The van der Waals surface area contributed by atoms with Gasteiger partial charge < -0.3 is 14.2 Å². The standard InChI is InChI=1S/C23H21ClO5/c1-14-4-2-7-17(10-14)28-21-13-27-20-12-18(8-9-19(20)22(21)25)29-23(26)15-5-3-6-16(24)11-15/h2-7,10-11,13,18-20H,8-9,12H2,1H3. The Morgan fingerprint density at radius 1 is 1.14 bits per heavy atom. The van der Waals surface area contributed by atoms with Gasteiger partial charge >= 0.3 is 5.97 Å². The molecule has 29 heavy (non-hydrogen) atoms. The Morgan fingerprint density at radius 3 is 2.76 bits per heavy atom. The number of esters is 1. The fourth-order valence-corrected chi connectivity index (χ4v) is 3.95. The van der Waals surface area contributed by atoms with Crippen LogP contribution in [0.1, 0.15) is 35.2 Å². The molecule has 2 aromatic carbocycles. The van der Waals surface area contributed by atoms with Crippen LogP contribution in [-0.2, 0) is 14.3 Å². The van der Waals surface area contributed by atoms with Crippen molar-refractivity contribution in [3.8, 4) is 5.75 Å². The van der Waals surface area contributed by atoms with Crippen molar-refractivity contribution in [3.63, 3.8) is 0 Å². The molecule has 1 fully saturated rings. The number of allylic oxidation sites excluding steroid dienone is 1. The minimum atomic E-state index is -0.419. The van der Waals surface area contributed by atoms with Gasteiger partial charge in [-0.1, -0.05) is 29.8 Å². The summed E-state index contributed by atoms with van der Waals surface area (Å²) in [6, 6.07) is 14.2. The molecular formula is C23H21ClO5. The molecule has 1 heterocycles. The Bertz CT molecular complexity index is 967. The quantitative estimate of drug-likeness (QED) is 0.671. The van der Waals surface area contributed by atoms with Crippen molar-refractivity contribution in [1.82, 2.24) is 0 Å². The molecule has 0 aromatic heterocycles. The van der Waals surface area contributed by atoms with Gasteiger partial charge in [0, 0.05) is 11.4 Å². The van der Waals surface area contributed by atoms with Gasteiger partial charge in [0.05, 0.1) is 11.5 Å². The maximum Gasteiger partial charge on any atom is 0.338 e. The number of hydrogen-bond acceptors (Lipinski definition) is 5. The third-order valence-corrected chi connectivity index (χ3v) is 5.46. The van der Waals surface area contributed by atoms with Gasteiger partial charge in [-0.25, -0.2) is 4.79 Å². The molecule has 1 saturated carbocycles. The van der Waals surface area contributed by atoms with E-state index >= 15 is 0 Å². The second-order valence-electron chi connectivity index (χ2n) is 7.40. The molecule has 4 rings (SSSR count). The summed E-state index contributed by atoms with van der Waals surface area (Å²) in [5, 5.41) is 0.482. The molecule has 0 spiro atoms. The number of fused-ring (bicyclic) bond motifs is 1. The number of rotatable bonds is 4. The number of aryl methyl sites for hydroxylation is 1. The van der Waals surface area contributed by atoms with Gasteiger partial charge in [0.1, 0.15) is 24.2 Å². The smallest absolute Gasteiger partial charge is 0.338 e. The number of ether oxygens (including phenoxy) is 3. The SMILES string of the molecule is Cc1cccc(OC2=COC3CC(OC(=O)c4cccc(Cl)c4)CCC3C2=O)c1. The summed E-state index contributed by atoms with van der Waals surface area (Å²) >= 11 is 5.94. The number of ketones is 1. The molecule has 0 bridgehead atoms. The number of halogens is 1. The summed E-state index contributed by atoms with van der Waals surface area (Å²) in [7, 11) is 0. The average molecular weight is 413 g/mol. The van der Waals surface area contributed by atoms with Gasteiger partial charge in [-0.3, -0.25) is 4.79 Å². The lowest BCUT2D eigenvalue weighted by Gasteiger charge is -2.36. The second-order valence-corrected chi connectivity index (χ2v) is 7.83. The normalized spacial score (nSPS) is 23.4. The molecule has 3 unspecified atom stereocenters. The van der Waals surface area contributed by atoms with Crippen LogP contribution in [0, 0.1) is 12.8 Å². The molecule has 3 atom stereocenters. The fourth-order valence-electron chi connectivity index (χ4n) is 3.75. The molecule has 150 valence electrons. The van der Waals surface area contributed by atoms with Crippen LogP contribution in [0.3, 0.4) is 0 Å². The average Bonchev–Trinajstić information content (AvgIpc) is 2.70. The molecule has 2 aliphatic rings. The predicted octanol–water partition coefficient (Wildman–Crippen LogP) is 4.86. The summed E-state index contributed by atoms with van der Waals surface area (Å²) in [5.41, 5.74) is 1.46. The van der Waals surface area contributed by atoms with Crippen LogP contribution in [0.4, 0.5) is 0 Å². The highest BCUT2D eigenvalue weighted by Crippen LogP contribution is 2.35. The topological polar surface area (TPSA) is 61.8 Å². The lowest BCUT2D eigenvalue weighted by atomic mass is 9.80. The molecule has 0 amide bonds. The van der Waals surface area contributed by atoms with Gasteiger partial charge in [-0.05, 0) is 55.7 Å². The highest BCUT2D eigenvalue weighted by Gasteiger charge is 2.42. The number of Topliss-reactive ketones (excluding diaryl/α,β-unsaturated/α-hetero) is 1. The van der Waals surface area contributed by atoms with E-state index in [0.29, 0.717) is 35.6 Å². The Kier molecular flexibility index (Phi) is 5.58.